The molecule has 0 unspecified atom stereocenters. The van der Waals surface area contributed by atoms with Crippen molar-refractivity contribution in [3.63, 3.8) is 0 Å². The van der Waals surface area contributed by atoms with Gasteiger partial charge in [0.2, 0.25) is 0 Å². The number of halogens is 4. The van der Waals surface area contributed by atoms with Crippen LogP contribution in [0.2, 0.25) is 0 Å². The van der Waals surface area contributed by atoms with Gasteiger partial charge in [0.05, 0.1) is 13.0 Å². The lowest BCUT2D eigenvalue weighted by Crippen LogP contribution is -2.13. The summed E-state index contributed by atoms with van der Waals surface area (Å²) < 4.78 is 41.4. The smallest absolute Gasteiger partial charge is 0.392 e. The highest BCUT2D eigenvalue weighted by Gasteiger charge is 2.26. The molecule has 104 valence electrons. The Morgan fingerprint density at radius 2 is 2.11 bits per heavy atom. The topological polar surface area (TPSA) is 46.5 Å². The summed E-state index contributed by atoms with van der Waals surface area (Å²) in [7, 11) is 0. The van der Waals surface area contributed by atoms with E-state index in [1.807, 2.05) is 0 Å². The van der Waals surface area contributed by atoms with Crippen molar-refractivity contribution in [2.24, 2.45) is 0 Å². The first kappa shape index (κ1) is 15.6. The average Bonchev–Trinajstić information content (AvgIpc) is 2.27. The van der Waals surface area contributed by atoms with Crippen LogP contribution in [-0.2, 0) is 4.79 Å². The van der Waals surface area contributed by atoms with E-state index in [1.54, 1.807) is 6.07 Å². The van der Waals surface area contributed by atoms with Crippen LogP contribution in [0.5, 0.6) is 5.75 Å². The fourth-order valence-corrected chi connectivity index (χ4v) is 1.56. The van der Waals surface area contributed by atoms with E-state index in [4.69, 9.17) is 9.84 Å². The summed E-state index contributed by atoms with van der Waals surface area (Å²) >= 11 is 3.20. The van der Waals surface area contributed by atoms with Gasteiger partial charge in [-0.05, 0) is 29.8 Å². The first-order valence-corrected chi connectivity index (χ1v) is 5.97. The monoisotopic (exact) mass is 338 g/mol. The molecule has 0 aliphatic rings. The van der Waals surface area contributed by atoms with Gasteiger partial charge < -0.3 is 9.84 Å². The maximum absolute atomic E-state index is 11.9. The molecule has 0 atom stereocenters. The molecule has 0 heterocycles. The minimum atomic E-state index is -4.26. The Morgan fingerprint density at radius 1 is 1.42 bits per heavy atom. The molecule has 0 aliphatic heterocycles. The van der Waals surface area contributed by atoms with Crippen molar-refractivity contribution in [3.05, 3.63) is 34.3 Å². The van der Waals surface area contributed by atoms with Gasteiger partial charge in [0.25, 0.3) is 0 Å². The van der Waals surface area contributed by atoms with E-state index in [0.29, 0.717) is 10.0 Å². The zero-order valence-electron chi connectivity index (χ0n) is 9.58. The van der Waals surface area contributed by atoms with Crippen LogP contribution in [0.15, 0.2) is 28.7 Å². The number of hydrogen-bond donors (Lipinski definition) is 1. The molecule has 0 amide bonds. The zero-order valence-corrected chi connectivity index (χ0v) is 11.2. The molecule has 1 rings (SSSR count). The summed E-state index contributed by atoms with van der Waals surface area (Å²) in [4.78, 5) is 10.4. The minimum absolute atomic E-state index is 0.248. The van der Waals surface area contributed by atoms with Gasteiger partial charge in [0.1, 0.15) is 5.75 Å². The third-order valence-corrected chi connectivity index (χ3v) is 2.75. The molecule has 0 saturated heterocycles. The van der Waals surface area contributed by atoms with Gasteiger partial charge in [0, 0.05) is 10.5 Å². The van der Waals surface area contributed by atoms with E-state index in [0.717, 1.165) is 6.08 Å². The van der Waals surface area contributed by atoms with Gasteiger partial charge in [-0.15, -0.1) is 0 Å². The summed E-state index contributed by atoms with van der Waals surface area (Å²) in [6.07, 6.45) is -3.05. The quantitative estimate of drug-likeness (QED) is 0.829. The van der Waals surface area contributed by atoms with Crippen LogP contribution in [0.3, 0.4) is 0 Å². The van der Waals surface area contributed by atoms with Crippen molar-refractivity contribution in [1.29, 1.82) is 0 Å². The lowest BCUT2D eigenvalue weighted by Gasteiger charge is -2.09. The fraction of sp³-hybridized carbons (Fsp3) is 0.250. The molecule has 0 aromatic heterocycles. The standard InChI is InChI=1S/C12H10BrF3O3/c13-10-3-2-9(19-6-5-12(14,15)16)7-8(10)1-4-11(17)18/h1-4,7H,5-6H2,(H,17,18)/b4-1+. The first-order chi connectivity index (χ1) is 8.78. The number of ether oxygens (including phenoxy) is 1. The van der Waals surface area contributed by atoms with Gasteiger partial charge in [0.15, 0.2) is 0 Å². The lowest BCUT2D eigenvalue weighted by atomic mass is 10.2. The van der Waals surface area contributed by atoms with Gasteiger partial charge in [-0.2, -0.15) is 13.2 Å². The van der Waals surface area contributed by atoms with Crippen molar-refractivity contribution in [2.75, 3.05) is 6.61 Å². The van der Waals surface area contributed by atoms with Crippen molar-refractivity contribution in [2.45, 2.75) is 12.6 Å². The summed E-state index contributed by atoms with van der Waals surface area (Å²) in [6.45, 7) is -0.479. The average molecular weight is 339 g/mol. The highest BCUT2D eigenvalue weighted by atomic mass is 79.9. The summed E-state index contributed by atoms with van der Waals surface area (Å²) in [5.41, 5.74) is 0.506. The van der Waals surface area contributed by atoms with Crippen LogP contribution in [0.25, 0.3) is 6.08 Å². The molecule has 0 fully saturated rings. The van der Waals surface area contributed by atoms with Gasteiger partial charge >= 0.3 is 12.1 Å². The van der Waals surface area contributed by atoms with E-state index in [1.165, 1.54) is 18.2 Å². The Hall–Kier alpha value is -1.50. The second kappa shape index (κ2) is 6.60. The Bertz CT molecular complexity index is 484. The number of alkyl halides is 3. The highest BCUT2D eigenvalue weighted by Crippen LogP contribution is 2.25. The highest BCUT2D eigenvalue weighted by molar-refractivity contribution is 9.10. The molecule has 0 bridgehead atoms. The molecule has 0 aliphatic carbocycles. The lowest BCUT2D eigenvalue weighted by molar-refractivity contribution is -0.139. The molecular formula is C12H10BrF3O3. The molecule has 1 N–H and O–H groups in total. The Labute approximate surface area is 115 Å². The molecule has 0 spiro atoms. The second-order valence-corrected chi connectivity index (χ2v) is 4.42. The predicted octanol–water partition coefficient (Wildman–Crippen LogP) is 3.88. The number of benzene rings is 1. The van der Waals surface area contributed by atoms with Gasteiger partial charge in [-0.3, -0.25) is 0 Å². The van der Waals surface area contributed by atoms with Crippen LogP contribution in [0.4, 0.5) is 13.2 Å². The van der Waals surface area contributed by atoms with Crippen LogP contribution >= 0.6 is 15.9 Å². The van der Waals surface area contributed by atoms with Crippen LogP contribution < -0.4 is 4.74 Å². The Balaban J connectivity index is 2.71. The normalized spacial score (nSPS) is 11.8. The van der Waals surface area contributed by atoms with Crippen LogP contribution in [0.1, 0.15) is 12.0 Å². The largest absolute Gasteiger partial charge is 0.493 e. The molecule has 0 saturated carbocycles. The molecular weight excluding hydrogens is 329 g/mol. The summed E-state index contributed by atoms with van der Waals surface area (Å²) in [6, 6.07) is 4.53. The molecule has 7 heteroatoms. The number of carbonyl (C=O) groups is 1. The maximum Gasteiger partial charge on any atom is 0.392 e. The number of rotatable bonds is 5. The third-order valence-electron chi connectivity index (χ3n) is 2.03. The number of carboxylic acid groups (broad SMARTS) is 1. The molecule has 1 aromatic rings. The molecule has 19 heavy (non-hydrogen) atoms. The molecule has 3 nitrogen and oxygen atoms in total. The fourth-order valence-electron chi connectivity index (χ4n) is 1.19. The zero-order chi connectivity index (χ0) is 14.5. The van der Waals surface area contributed by atoms with E-state index in [2.05, 4.69) is 15.9 Å². The third kappa shape index (κ3) is 6.28. The van der Waals surface area contributed by atoms with E-state index < -0.39 is 25.2 Å². The van der Waals surface area contributed by atoms with Crippen molar-refractivity contribution < 1.29 is 27.8 Å². The summed E-state index contributed by atoms with van der Waals surface area (Å²) in [5, 5.41) is 8.51. The molecule has 0 radical (unpaired) electrons. The summed E-state index contributed by atoms with van der Waals surface area (Å²) in [5.74, 6) is -0.868. The van der Waals surface area contributed by atoms with Crippen molar-refractivity contribution in [1.82, 2.24) is 0 Å². The number of hydrogen-bond acceptors (Lipinski definition) is 2. The van der Waals surface area contributed by atoms with Crippen LogP contribution in [-0.4, -0.2) is 23.9 Å². The number of aliphatic carboxylic acids is 1. The van der Waals surface area contributed by atoms with Gasteiger partial charge in [-0.1, -0.05) is 15.9 Å². The predicted molar refractivity (Wildman–Crippen MR) is 67.0 cm³/mol. The Kier molecular flexibility index (Phi) is 5.41. The Morgan fingerprint density at radius 3 is 2.68 bits per heavy atom. The van der Waals surface area contributed by atoms with Crippen molar-refractivity contribution in [3.8, 4) is 5.75 Å². The maximum atomic E-state index is 11.9. The minimum Gasteiger partial charge on any atom is -0.493 e. The van der Waals surface area contributed by atoms with Crippen LogP contribution in [0, 0.1) is 0 Å². The van der Waals surface area contributed by atoms with Crippen molar-refractivity contribution >= 4 is 28.0 Å². The second-order valence-electron chi connectivity index (χ2n) is 3.57. The SMILES string of the molecule is O=C(O)/C=C/c1cc(OCCC(F)(F)F)ccc1Br. The van der Waals surface area contributed by atoms with Gasteiger partial charge in [-0.25, -0.2) is 4.79 Å². The number of carboxylic acids is 1. The van der Waals surface area contributed by atoms with E-state index in [-0.39, 0.29) is 5.75 Å². The van der Waals surface area contributed by atoms with E-state index >= 15 is 0 Å². The van der Waals surface area contributed by atoms with E-state index in [9.17, 15) is 18.0 Å². The molecule has 1 aromatic carbocycles. The first-order valence-electron chi connectivity index (χ1n) is 5.18.